The van der Waals surface area contributed by atoms with Crippen molar-refractivity contribution in [3.05, 3.63) is 18.2 Å². The van der Waals surface area contributed by atoms with Crippen molar-refractivity contribution in [3.63, 3.8) is 0 Å². The van der Waals surface area contributed by atoms with Crippen LogP contribution >= 0.6 is 0 Å². The van der Waals surface area contributed by atoms with Gasteiger partial charge in [-0.1, -0.05) is 13.8 Å². The largest absolute Gasteiger partial charge is 0.395 e. The Morgan fingerprint density at radius 2 is 2.12 bits per heavy atom. The van der Waals surface area contributed by atoms with Gasteiger partial charge in [-0.2, -0.15) is 0 Å². The van der Waals surface area contributed by atoms with Crippen LogP contribution in [0.1, 0.15) is 32.4 Å². The molecule has 4 heteroatoms. The molecule has 0 saturated carbocycles. The van der Waals surface area contributed by atoms with E-state index in [1.165, 1.54) is 5.69 Å². The molecule has 0 aromatic carbocycles. The van der Waals surface area contributed by atoms with E-state index in [4.69, 9.17) is 5.11 Å². The molecule has 0 radical (unpaired) electrons. The Labute approximate surface area is 97.9 Å². The summed E-state index contributed by atoms with van der Waals surface area (Å²) >= 11 is 0. The minimum absolute atomic E-state index is 0.224. The fourth-order valence-electron chi connectivity index (χ4n) is 1.88. The first kappa shape index (κ1) is 13.2. The summed E-state index contributed by atoms with van der Waals surface area (Å²) < 4.78 is 2.19. The highest BCUT2D eigenvalue weighted by Crippen LogP contribution is 2.06. The van der Waals surface area contributed by atoms with Crippen molar-refractivity contribution in [2.75, 3.05) is 19.7 Å². The van der Waals surface area contributed by atoms with Crippen molar-refractivity contribution in [2.24, 2.45) is 0 Å². The Balaban J connectivity index is 2.57. The summed E-state index contributed by atoms with van der Waals surface area (Å²) in [7, 11) is 0. The van der Waals surface area contributed by atoms with E-state index in [9.17, 15) is 0 Å². The van der Waals surface area contributed by atoms with Crippen molar-refractivity contribution in [1.29, 1.82) is 0 Å². The quantitative estimate of drug-likeness (QED) is 0.729. The predicted octanol–water partition coefficient (Wildman–Crippen LogP) is 1.50. The minimum atomic E-state index is 0.224. The van der Waals surface area contributed by atoms with Gasteiger partial charge in [0.2, 0.25) is 0 Å². The van der Waals surface area contributed by atoms with Gasteiger partial charge in [0.25, 0.3) is 0 Å². The smallest absolute Gasteiger partial charge is 0.0948 e. The SMILES string of the molecule is CCCN(CCO)Cc1cncn1CCC. The monoisotopic (exact) mass is 225 g/mol. The fourth-order valence-corrected chi connectivity index (χ4v) is 1.88. The molecule has 0 aliphatic heterocycles. The summed E-state index contributed by atoms with van der Waals surface area (Å²) in [6, 6.07) is 0. The van der Waals surface area contributed by atoms with Gasteiger partial charge in [0.15, 0.2) is 0 Å². The van der Waals surface area contributed by atoms with Crippen molar-refractivity contribution in [1.82, 2.24) is 14.5 Å². The van der Waals surface area contributed by atoms with Crippen molar-refractivity contribution < 1.29 is 5.11 Å². The van der Waals surface area contributed by atoms with Gasteiger partial charge in [0.1, 0.15) is 0 Å². The molecule has 0 unspecified atom stereocenters. The first-order valence-electron chi connectivity index (χ1n) is 6.14. The fraction of sp³-hybridized carbons (Fsp3) is 0.750. The van der Waals surface area contributed by atoms with Crippen LogP contribution in [-0.4, -0.2) is 39.3 Å². The van der Waals surface area contributed by atoms with Crippen LogP contribution in [0.2, 0.25) is 0 Å². The third-order valence-electron chi connectivity index (χ3n) is 2.60. The second kappa shape index (κ2) is 7.41. The average Bonchev–Trinajstić information content (AvgIpc) is 2.67. The molecule has 1 N–H and O–H groups in total. The van der Waals surface area contributed by atoms with Gasteiger partial charge in [0.05, 0.1) is 18.6 Å². The maximum absolute atomic E-state index is 9.00. The highest BCUT2D eigenvalue weighted by Gasteiger charge is 2.07. The summed E-state index contributed by atoms with van der Waals surface area (Å²) in [5.41, 5.74) is 1.24. The standard InChI is InChI=1S/C12H23N3O/c1-3-5-14(7-8-16)10-12-9-13-11-15(12)6-4-2/h9,11,16H,3-8,10H2,1-2H3. The normalized spacial score (nSPS) is 11.2. The van der Waals surface area contributed by atoms with Crippen LogP contribution in [0.25, 0.3) is 0 Å². The maximum Gasteiger partial charge on any atom is 0.0948 e. The van der Waals surface area contributed by atoms with Crippen LogP contribution in [0.4, 0.5) is 0 Å². The van der Waals surface area contributed by atoms with Crippen molar-refractivity contribution in [2.45, 2.75) is 39.8 Å². The number of hydrogen-bond acceptors (Lipinski definition) is 3. The van der Waals surface area contributed by atoms with Crippen LogP contribution in [0, 0.1) is 0 Å². The number of aryl methyl sites for hydroxylation is 1. The van der Waals surface area contributed by atoms with E-state index in [1.54, 1.807) is 0 Å². The zero-order valence-corrected chi connectivity index (χ0v) is 10.4. The topological polar surface area (TPSA) is 41.3 Å². The molecule has 92 valence electrons. The lowest BCUT2D eigenvalue weighted by molar-refractivity contribution is 0.187. The van der Waals surface area contributed by atoms with Gasteiger partial charge < -0.3 is 9.67 Å². The first-order chi connectivity index (χ1) is 7.81. The number of rotatable bonds is 8. The van der Waals surface area contributed by atoms with Gasteiger partial charge in [-0.05, 0) is 19.4 Å². The number of aliphatic hydroxyl groups is 1. The number of aromatic nitrogens is 2. The zero-order chi connectivity index (χ0) is 11.8. The Bertz CT molecular complexity index is 280. The molecule has 0 amide bonds. The molecule has 1 rings (SSSR count). The van der Waals surface area contributed by atoms with Crippen LogP contribution < -0.4 is 0 Å². The molecule has 0 aliphatic rings. The third-order valence-corrected chi connectivity index (χ3v) is 2.60. The molecular formula is C12H23N3O. The van der Waals surface area contributed by atoms with E-state index in [1.807, 2.05) is 12.5 Å². The first-order valence-corrected chi connectivity index (χ1v) is 6.14. The summed E-state index contributed by atoms with van der Waals surface area (Å²) in [6.45, 7) is 8.22. The predicted molar refractivity (Wildman–Crippen MR) is 65.2 cm³/mol. The molecule has 0 aliphatic carbocycles. The maximum atomic E-state index is 9.00. The molecular weight excluding hydrogens is 202 g/mol. The molecule has 1 aromatic rings. The Hall–Kier alpha value is -0.870. The number of imidazole rings is 1. The number of nitrogens with zero attached hydrogens (tertiary/aromatic N) is 3. The average molecular weight is 225 g/mol. The van der Waals surface area contributed by atoms with Crippen molar-refractivity contribution in [3.8, 4) is 0 Å². The van der Waals surface area contributed by atoms with E-state index in [2.05, 4.69) is 28.3 Å². The Morgan fingerprint density at radius 3 is 2.75 bits per heavy atom. The summed E-state index contributed by atoms with van der Waals surface area (Å²) in [6.07, 6.45) is 6.05. The van der Waals surface area contributed by atoms with Gasteiger partial charge in [-0.25, -0.2) is 4.98 Å². The van der Waals surface area contributed by atoms with Crippen LogP contribution in [0.5, 0.6) is 0 Å². The summed E-state index contributed by atoms with van der Waals surface area (Å²) in [5, 5.41) is 9.00. The lowest BCUT2D eigenvalue weighted by atomic mass is 10.3. The van der Waals surface area contributed by atoms with E-state index < -0.39 is 0 Å². The lowest BCUT2D eigenvalue weighted by Crippen LogP contribution is -2.28. The van der Waals surface area contributed by atoms with E-state index >= 15 is 0 Å². The third kappa shape index (κ3) is 3.94. The number of hydrogen-bond donors (Lipinski definition) is 1. The summed E-state index contributed by atoms with van der Waals surface area (Å²) in [4.78, 5) is 6.45. The molecule has 0 atom stereocenters. The molecule has 4 nitrogen and oxygen atoms in total. The minimum Gasteiger partial charge on any atom is -0.395 e. The zero-order valence-electron chi connectivity index (χ0n) is 10.4. The van der Waals surface area contributed by atoms with Crippen molar-refractivity contribution >= 4 is 0 Å². The van der Waals surface area contributed by atoms with Crippen LogP contribution in [-0.2, 0) is 13.1 Å². The van der Waals surface area contributed by atoms with E-state index in [0.29, 0.717) is 0 Å². The highest BCUT2D eigenvalue weighted by molar-refractivity contribution is 4.98. The molecule has 0 saturated heterocycles. The van der Waals surface area contributed by atoms with E-state index in [-0.39, 0.29) is 6.61 Å². The van der Waals surface area contributed by atoms with Gasteiger partial charge in [-0.3, -0.25) is 4.90 Å². The van der Waals surface area contributed by atoms with Crippen LogP contribution in [0.3, 0.4) is 0 Å². The molecule has 0 spiro atoms. The second-order valence-electron chi connectivity index (χ2n) is 4.08. The van der Waals surface area contributed by atoms with Crippen LogP contribution in [0.15, 0.2) is 12.5 Å². The highest BCUT2D eigenvalue weighted by atomic mass is 16.3. The molecule has 16 heavy (non-hydrogen) atoms. The molecule has 1 heterocycles. The number of aliphatic hydroxyl groups excluding tert-OH is 1. The summed E-state index contributed by atoms with van der Waals surface area (Å²) in [5.74, 6) is 0. The molecule has 1 aromatic heterocycles. The Kier molecular flexibility index (Phi) is 6.11. The molecule has 0 fully saturated rings. The molecule has 0 bridgehead atoms. The second-order valence-corrected chi connectivity index (χ2v) is 4.08. The Morgan fingerprint density at radius 1 is 1.31 bits per heavy atom. The van der Waals surface area contributed by atoms with E-state index in [0.717, 1.165) is 39.0 Å². The van der Waals surface area contributed by atoms with Gasteiger partial charge >= 0.3 is 0 Å². The lowest BCUT2D eigenvalue weighted by Gasteiger charge is -2.21. The van der Waals surface area contributed by atoms with Gasteiger partial charge in [-0.15, -0.1) is 0 Å². The van der Waals surface area contributed by atoms with Gasteiger partial charge in [0, 0.05) is 25.8 Å².